The first-order chi connectivity index (χ1) is 10.4. The molecule has 0 spiro atoms. The summed E-state index contributed by atoms with van der Waals surface area (Å²) in [6.45, 7) is 8.41. The van der Waals surface area contributed by atoms with Crippen molar-refractivity contribution in [2.45, 2.75) is 39.0 Å². The first-order valence-electron chi connectivity index (χ1n) is 7.42. The van der Waals surface area contributed by atoms with Crippen LogP contribution >= 0.6 is 11.6 Å². The molecule has 0 radical (unpaired) electrons. The second-order valence-corrected chi connectivity index (χ2v) is 6.24. The molecule has 1 amide bonds. The molecule has 1 aromatic rings. The van der Waals surface area contributed by atoms with E-state index >= 15 is 0 Å². The lowest BCUT2D eigenvalue weighted by molar-refractivity contribution is -0.0778. The molecule has 3 atom stereocenters. The Labute approximate surface area is 134 Å². The summed E-state index contributed by atoms with van der Waals surface area (Å²) in [4.78, 5) is 28.0. The van der Waals surface area contributed by atoms with Crippen molar-refractivity contribution in [3.05, 3.63) is 33.2 Å². The Morgan fingerprint density at radius 3 is 2.73 bits per heavy atom. The lowest BCUT2D eigenvalue weighted by Crippen LogP contribution is -2.52. The number of hydrogen-bond donors (Lipinski definition) is 2. The predicted octanol–water partition coefficient (Wildman–Crippen LogP) is 1.26. The van der Waals surface area contributed by atoms with E-state index in [0.717, 1.165) is 13.1 Å². The second kappa shape index (κ2) is 7.26. The highest BCUT2D eigenvalue weighted by Crippen LogP contribution is 2.13. The highest BCUT2D eigenvalue weighted by Gasteiger charge is 2.25. The van der Waals surface area contributed by atoms with E-state index in [-0.39, 0.29) is 29.2 Å². The number of morpholine rings is 1. The van der Waals surface area contributed by atoms with E-state index in [9.17, 15) is 9.59 Å². The minimum atomic E-state index is -0.400. The fraction of sp³-hybridized carbons (Fsp3) is 0.600. The van der Waals surface area contributed by atoms with E-state index in [0.29, 0.717) is 12.1 Å². The lowest BCUT2D eigenvalue weighted by atomic mass is 10.1. The third-order valence-corrected chi connectivity index (χ3v) is 4.03. The summed E-state index contributed by atoms with van der Waals surface area (Å²) in [6, 6.07) is 1.58. The standard InChI is InChI=1S/C15H22ClN3O3/c1-9(19-7-10(2)22-11(3)8-19)5-17-14(20)12-4-13(16)15(21)18-6-12/h4,6,9-11H,5,7-8H2,1-3H3,(H,17,20)(H,18,21). The minimum Gasteiger partial charge on any atom is -0.373 e. The third kappa shape index (κ3) is 4.32. The minimum absolute atomic E-state index is 0.0107. The van der Waals surface area contributed by atoms with Crippen LogP contribution in [0.4, 0.5) is 0 Å². The molecule has 1 aromatic heterocycles. The van der Waals surface area contributed by atoms with Crippen molar-refractivity contribution >= 4 is 17.5 Å². The van der Waals surface area contributed by atoms with Gasteiger partial charge in [-0.3, -0.25) is 14.5 Å². The van der Waals surface area contributed by atoms with Gasteiger partial charge in [-0.25, -0.2) is 0 Å². The molecular weight excluding hydrogens is 306 g/mol. The van der Waals surface area contributed by atoms with Crippen molar-refractivity contribution in [1.82, 2.24) is 15.2 Å². The average Bonchev–Trinajstić information content (AvgIpc) is 2.46. The van der Waals surface area contributed by atoms with Crippen LogP contribution < -0.4 is 10.9 Å². The smallest absolute Gasteiger partial charge is 0.266 e. The number of aromatic nitrogens is 1. The topological polar surface area (TPSA) is 74.4 Å². The van der Waals surface area contributed by atoms with E-state index < -0.39 is 5.56 Å². The monoisotopic (exact) mass is 327 g/mol. The molecular formula is C15H22ClN3O3. The van der Waals surface area contributed by atoms with Crippen LogP contribution in [0.1, 0.15) is 31.1 Å². The SMILES string of the molecule is CC1CN(C(C)CNC(=O)c2c[nH]c(=O)c(Cl)c2)CC(C)O1. The summed E-state index contributed by atoms with van der Waals surface area (Å²) in [7, 11) is 0. The summed E-state index contributed by atoms with van der Waals surface area (Å²) < 4.78 is 5.71. The van der Waals surface area contributed by atoms with Crippen LogP contribution in [0.5, 0.6) is 0 Å². The fourth-order valence-corrected chi connectivity index (χ4v) is 2.81. The van der Waals surface area contributed by atoms with Crippen molar-refractivity contribution in [3.63, 3.8) is 0 Å². The lowest BCUT2D eigenvalue weighted by Gasteiger charge is -2.39. The summed E-state index contributed by atoms with van der Waals surface area (Å²) in [5.74, 6) is -0.251. The summed E-state index contributed by atoms with van der Waals surface area (Å²) in [5.41, 5.74) is -0.0524. The molecule has 1 saturated heterocycles. The van der Waals surface area contributed by atoms with Gasteiger partial charge in [0.15, 0.2) is 0 Å². The quantitative estimate of drug-likeness (QED) is 0.873. The Kier molecular flexibility index (Phi) is 5.61. The number of ether oxygens (including phenoxy) is 1. The Balaban J connectivity index is 1.90. The Morgan fingerprint density at radius 1 is 1.50 bits per heavy atom. The maximum Gasteiger partial charge on any atom is 0.266 e. The molecule has 122 valence electrons. The summed E-state index contributed by atoms with van der Waals surface area (Å²) in [6.07, 6.45) is 1.76. The van der Waals surface area contributed by atoms with Crippen molar-refractivity contribution in [1.29, 1.82) is 0 Å². The van der Waals surface area contributed by atoms with Crippen LogP contribution in [0.15, 0.2) is 17.1 Å². The van der Waals surface area contributed by atoms with E-state index in [2.05, 4.69) is 36.0 Å². The van der Waals surface area contributed by atoms with Crippen LogP contribution in [0, 0.1) is 0 Å². The third-order valence-electron chi connectivity index (χ3n) is 3.75. The van der Waals surface area contributed by atoms with Gasteiger partial charge in [-0.05, 0) is 26.8 Å². The van der Waals surface area contributed by atoms with Gasteiger partial charge in [0.05, 0.1) is 17.8 Å². The number of halogens is 1. The molecule has 0 aromatic carbocycles. The highest BCUT2D eigenvalue weighted by atomic mass is 35.5. The van der Waals surface area contributed by atoms with E-state index in [1.165, 1.54) is 12.3 Å². The maximum absolute atomic E-state index is 12.1. The zero-order chi connectivity index (χ0) is 16.3. The van der Waals surface area contributed by atoms with Gasteiger partial charge in [-0.2, -0.15) is 0 Å². The van der Waals surface area contributed by atoms with Gasteiger partial charge in [0, 0.05) is 31.9 Å². The number of aromatic amines is 1. The van der Waals surface area contributed by atoms with Gasteiger partial charge in [0.1, 0.15) is 5.02 Å². The number of hydrogen-bond acceptors (Lipinski definition) is 4. The number of nitrogens with one attached hydrogen (secondary N) is 2. The molecule has 1 aliphatic heterocycles. The highest BCUT2D eigenvalue weighted by molar-refractivity contribution is 6.30. The first kappa shape index (κ1) is 17.0. The summed E-state index contributed by atoms with van der Waals surface area (Å²) >= 11 is 5.73. The fourth-order valence-electron chi connectivity index (χ4n) is 2.64. The van der Waals surface area contributed by atoms with Crippen LogP contribution in [0.25, 0.3) is 0 Å². The number of carbonyl (C=O) groups is 1. The van der Waals surface area contributed by atoms with Crippen LogP contribution in [-0.2, 0) is 4.74 Å². The molecule has 2 N–H and O–H groups in total. The largest absolute Gasteiger partial charge is 0.373 e. The normalized spacial score (nSPS) is 24.0. The predicted molar refractivity (Wildman–Crippen MR) is 85.4 cm³/mol. The molecule has 0 aliphatic carbocycles. The first-order valence-corrected chi connectivity index (χ1v) is 7.80. The molecule has 22 heavy (non-hydrogen) atoms. The molecule has 7 heteroatoms. The van der Waals surface area contributed by atoms with Gasteiger partial charge < -0.3 is 15.0 Å². The molecule has 2 heterocycles. The van der Waals surface area contributed by atoms with Gasteiger partial charge in [0.25, 0.3) is 11.5 Å². The van der Waals surface area contributed by atoms with E-state index in [4.69, 9.17) is 16.3 Å². The number of amides is 1. The second-order valence-electron chi connectivity index (χ2n) is 5.84. The number of nitrogens with zero attached hydrogens (tertiary/aromatic N) is 1. The van der Waals surface area contributed by atoms with E-state index in [1.54, 1.807) is 0 Å². The maximum atomic E-state index is 12.1. The van der Waals surface area contributed by atoms with E-state index in [1.807, 2.05) is 0 Å². The number of carbonyl (C=O) groups excluding carboxylic acids is 1. The molecule has 3 unspecified atom stereocenters. The molecule has 1 aliphatic rings. The van der Waals surface area contributed by atoms with Crippen molar-refractivity contribution in [3.8, 4) is 0 Å². The Bertz CT molecular complexity index is 580. The number of H-pyrrole nitrogens is 1. The molecule has 0 saturated carbocycles. The van der Waals surface area contributed by atoms with Crippen LogP contribution in [0.3, 0.4) is 0 Å². The Morgan fingerprint density at radius 2 is 2.14 bits per heavy atom. The van der Waals surface area contributed by atoms with Crippen molar-refractivity contribution < 1.29 is 9.53 Å². The van der Waals surface area contributed by atoms with Crippen LogP contribution in [0.2, 0.25) is 5.02 Å². The molecule has 1 fully saturated rings. The number of pyridine rings is 1. The van der Waals surface area contributed by atoms with Crippen LogP contribution in [-0.4, -0.2) is 53.7 Å². The van der Waals surface area contributed by atoms with Crippen molar-refractivity contribution in [2.24, 2.45) is 0 Å². The van der Waals surface area contributed by atoms with Gasteiger partial charge >= 0.3 is 0 Å². The zero-order valence-electron chi connectivity index (χ0n) is 13.1. The van der Waals surface area contributed by atoms with Gasteiger partial charge in [-0.15, -0.1) is 0 Å². The Hall–Kier alpha value is -1.37. The average molecular weight is 328 g/mol. The molecule has 2 rings (SSSR count). The van der Waals surface area contributed by atoms with Crippen molar-refractivity contribution in [2.75, 3.05) is 19.6 Å². The van der Waals surface area contributed by atoms with Gasteiger partial charge in [-0.1, -0.05) is 11.6 Å². The summed E-state index contributed by atoms with van der Waals surface area (Å²) in [5, 5.41) is 2.88. The molecule has 6 nitrogen and oxygen atoms in total. The van der Waals surface area contributed by atoms with Gasteiger partial charge in [0.2, 0.25) is 0 Å². The zero-order valence-corrected chi connectivity index (χ0v) is 13.8. The molecule has 0 bridgehead atoms. The number of rotatable bonds is 4.